The van der Waals surface area contributed by atoms with Gasteiger partial charge in [-0.3, -0.25) is 9.69 Å². The topological polar surface area (TPSA) is 52.6 Å². The average molecular weight is 394 g/mol. The van der Waals surface area contributed by atoms with E-state index in [2.05, 4.69) is 36.5 Å². The van der Waals surface area contributed by atoms with Crippen molar-refractivity contribution in [3.8, 4) is 0 Å². The van der Waals surface area contributed by atoms with Gasteiger partial charge in [0.05, 0.1) is 0 Å². The number of carbonyl (C=O) groups is 2. The van der Waals surface area contributed by atoms with E-state index < -0.39 is 0 Å². The second-order valence-electron chi connectivity index (χ2n) is 9.03. The third-order valence-corrected chi connectivity index (χ3v) is 4.96. The van der Waals surface area contributed by atoms with E-state index >= 15 is 0 Å². The summed E-state index contributed by atoms with van der Waals surface area (Å²) in [6, 6.07) is 15.9. The third-order valence-electron chi connectivity index (χ3n) is 4.96. The van der Waals surface area contributed by atoms with Gasteiger partial charge in [-0.15, -0.1) is 0 Å². The Bertz CT molecular complexity index is 851. The van der Waals surface area contributed by atoms with Crippen LogP contribution in [0.3, 0.4) is 0 Å². The maximum Gasteiger partial charge on any atom is 0.324 e. The quantitative estimate of drug-likeness (QED) is 0.759. The lowest BCUT2D eigenvalue weighted by Crippen LogP contribution is -2.49. The van der Waals surface area contributed by atoms with E-state index in [1.165, 1.54) is 5.56 Å². The van der Waals surface area contributed by atoms with Gasteiger partial charge in [-0.25, -0.2) is 4.79 Å². The molecule has 1 saturated heterocycles. The summed E-state index contributed by atoms with van der Waals surface area (Å²) in [5.41, 5.74) is 3.92. The van der Waals surface area contributed by atoms with Crippen LogP contribution in [0.25, 0.3) is 0 Å². The average Bonchev–Trinajstić information content (AvgIpc) is 2.64. The highest BCUT2D eigenvalue weighted by Gasteiger charge is 2.26. The van der Waals surface area contributed by atoms with Crippen molar-refractivity contribution in [2.24, 2.45) is 5.41 Å². The Balaban J connectivity index is 1.64. The van der Waals surface area contributed by atoms with Crippen molar-refractivity contribution in [3.05, 3.63) is 59.7 Å². The number of rotatable bonds is 5. The molecule has 3 amide bonds. The zero-order valence-corrected chi connectivity index (χ0v) is 17.9. The van der Waals surface area contributed by atoms with Gasteiger partial charge in [0.25, 0.3) is 0 Å². The molecule has 0 aromatic heterocycles. The molecule has 2 aromatic carbocycles. The molecule has 1 fully saturated rings. The van der Waals surface area contributed by atoms with Crippen molar-refractivity contribution in [2.75, 3.05) is 23.3 Å². The summed E-state index contributed by atoms with van der Waals surface area (Å²) in [7, 11) is 0. The molecule has 5 nitrogen and oxygen atoms in total. The van der Waals surface area contributed by atoms with Gasteiger partial charge in [-0.05, 0) is 48.6 Å². The minimum atomic E-state index is -0.0504. The molecule has 3 rings (SSSR count). The molecule has 5 heteroatoms. The zero-order valence-electron chi connectivity index (χ0n) is 17.9. The van der Waals surface area contributed by atoms with Gasteiger partial charge in [0, 0.05) is 37.4 Å². The Labute approximate surface area is 173 Å². The molecular formula is C24H31N3O2. The third kappa shape index (κ3) is 5.83. The molecular weight excluding hydrogens is 362 g/mol. The summed E-state index contributed by atoms with van der Waals surface area (Å²) < 4.78 is 0. The van der Waals surface area contributed by atoms with Crippen LogP contribution in [0.15, 0.2) is 48.5 Å². The highest BCUT2D eigenvalue weighted by molar-refractivity contribution is 5.94. The van der Waals surface area contributed by atoms with Gasteiger partial charge in [0.1, 0.15) is 0 Å². The van der Waals surface area contributed by atoms with Crippen molar-refractivity contribution >= 4 is 23.3 Å². The number of urea groups is 1. The first-order valence-electron chi connectivity index (χ1n) is 10.2. The summed E-state index contributed by atoms with van der Waals surface area (Å²) in [4.78, 5) is 28.8. The molecule has 0 atom stereocenters. The number of aryl methyl sites for hydroxylation is 1. The highest BCUT2D eigenvalue weighted by Crippen LogP contribution is 2.24. The minimum absolute atomic E-state index is 0.00331. The predicted octanol–water partition coefficient (Wildman–Crippen LogP) is 5.20. The van der Waals surface area contributed by atoms with E-state index in [0.29, 0.717) is 19.5 Å². The van der Waals surface area contributed by atoms with Gasteiger partial charge >= 0.3 is 6.03 Å². The summed E-state index contributed by atoms with van der Waals surface area (Å²) in [6.07, 6.45) is 1.40. The van der Waals surface area contributed by atoms with Gasteiger partial charge in [0.15, 0.2) is 0 Å². The lowest BCUT2D eigenvalue weighted by atomic mass is 9.92. The highest BCUT2D eigenvalue weighted by atomic mass is 16.2. The molecule has 29 heavy (non-hydrogen) atoms. The number of amides is 3. The Morgan fingerprint density at radius 3 is 2.28 bits per heavy atom. The SMILES string of the molecule is Cc1ccc(CN2CCCN(c3ccc(NC(=O)CC(C)(C)C)cc3)C2=O)cc1. The molecule has 1 aliphatic heterocycles. The van der Waals surface area contributed by atoms with Crippen molar-refractivity contribution < 1.29 is 9.59 Å². The molecule has 0 aliphatic carbocycles. The normalized spacial score (nSPS) is 14.8. The molecule has 1 N–H and O–H groups in total. The first-order chi connectivity index (χ1) is 13.7. The summed E-state index contributed by atoms with van der Waals surface area (Å²) in [6.45, 7) is 10.3. The Morgan fingerprint density at radius 2 is 1.66 bits per heavy atom. The van der Waals surface area contributed by atoms with Crippen LogP contribution in [-0.4, -0.2) is 29.9 Å². The Hall–Kier alpha value is -2.82. The number of benzene rings is 2. The molecule has 0 radical (unpaired) electrons. The number of nitrogens with one attached hydrogen (secondary N) is 1. The maximum atomic E-state index is 13.0. The molecule has 1 heterocycles. The number of hydrogen-bond donors (Lipinski definition) is 1. The largest absolute Gasteiger partial charge is 0.326 e. The lowest BCUT2D eigenvalue weighted by Gasteiger charge is -2.35. The fraction of sp³-hybridized carbons (Fsp3) is 0.417. The van der Waals surface area contributed by atoms with Gasteiger partial charge in [-0.2, -0.15) is 0 Å². The second-order valence-corrected chi connectivity index (χ2v) is 9.03. The van der Waals surface area contributed by atoms with Crippen LogP contribution < -0.4 is 10.2 Å². The lowest BCUT2D eigenvalue weighted by molar-refractivity contribution is -0.117. The first-order valence-corrected chi connectivity index (χ1v) is 10.2. The monoisotopic (exact) mass is 393 g/mol. The van der Waals surface area contributed by atoms with E-state index in [0.717, 1.165) is 29.9 Å². The van der Waals surface area contributed by atoms with E-state index in [-0.39, 0.29) is 17.4 Å². The molecule has 0 spiro atoms. The minimum Gasteiger partial charge on any atom is -0.326 e. The Morgan fingerprint density at radius 1 is 1.00 bits per heavy atom. The number of nitrogens with zero attached hydrogens (tertiary/aromatic N) is 2. The smallest absolute Gasteiger partial charge is 0.324 e. The van der Waals surface area contributed by atoms with E-state index in [1.807, 2.05) is 54.8 Å². The Kier molecular flexibility index (Phi) is 6.26. The van der Waals surface area contributed by atoms with Crippen LogP contribution in [0.1, 0.15) is 44.7 Å². The van der Waals surface area contributed by atoms with Crippen molar-refractivity contribution in [1.29, 1.82) is 0 Å². The number of anilines is 2. The summed E-state index contributed by atoms with van der Waals surface area (Å²) in [5, 5.41) is 2.93. The fourth-order valence-corrected chi connectivity index (χ4v) is 3.49. The molecule has 1 aliphatic rings. The fourth-order valence-electron chi connectivity index (χ4n) is 3.49. The molecule has 0 unspecified atom stereocenters. The van der Waals surface area contributed by atoms with Crippen molar-refractivity contribution in [1.82, 2.24) is 4.90 Å². The van der Waals surface area contributed by atoms with Crippen LogP contribution in [0.5, 0.6) is 0 Å². The number of hydrogen-bond acceptors (Lipinski definition) is 2. The van der Waals surface area contributed by atoms with E-state index in [4.69, 9.17) is 0 Å². The zero-order chi connectivity index (χ0) is 21.0. The van der Waals surface area contributed by atoms with E-state index in [9.17, 15) is 9.59 Å². The van der Waals surface area contributed by atoms with Crippen LogP contribution >= 0.6 is 0 Å². The van der Waals surface area contributed by atoms with Crippen LogP contribution in [0.4, 0.5) is 16.2 Å². The van der Waals surface area contributed by atoms with E-state index in [1.54, 1.807) is 0 Å². The molecule has 154 valence electrons. The maximum absolute atomic E-state index is 13.0. The molecule has 0 saturated carbocycles. The van der Waals surface area contributed by atoms with Gasteiger partial charge in [-0.1, -0.05) is 50.6 Å². The van der Waals surface area contributed by atoms with Crippen LogP contribution in [-0.2, 0) is 11.3 Å². The standard InChI is InChI=1S/C24H31N3O2/c1-18-6-8-19(9-7-18)17-26-14-5-15-27(23(26)29)21-12-10-20(11-13-21)25-22(28)16-24(2,3)4/h6-13H,5,14-17H2,1-4H3,(H,25,28). The van der Waals surface area contributed by atoms with Gasteiger partial charge < -0.3 is 10.2 Å². The van der Waals surface area contributed by atoms with Crippen LogP contribution in [0, 0.1) is 12.3 Å². The summed E-state index contributed by atoms with van der Waals surface area (Å²) >= 11 is 0. The summed E-state index contributed by atoms with van der Waals surface area (Å²) in [5.74, 6) is 0.00331. The van der Waals surface area contributed by atoms with Crippen molar-refractivity contribution in [2.45, 2.75) is 47.1 Å². The van der Waals surface area contributed by atoms with Gasteiger partial charge in [0.2, 0.25) is 5.91 Å². The van der Waals surface area contributed by atoms with Crippen LogP contribution in [0.2, 0.25) is 0 Å². The predicted molar refractivity (Wildman–Crippen MR) is 118 cm³/mol. The number of carbonyl (C=O) groups excluding carboxylic acids is 2. The first kappa shape index (κ1) is 20.9. The molecule has 0 bridgehead atoms. The molecule has 2 aromatic rings. The van der Waals surface area contributed by atoms with Crippen molar-refractivity contribution in [3.63, 3.8) is 0 Å². The second kappa shape index (κ2) is 8.68.